The third-order valence-electron chi connectivity index (χ3n) is 2.37. The summed E-state index contributed by atoms with van der Waals surface area (Å²) in [6, 6.07) is 0. The molecular weight excluding hydrogens is 156 g/mol. The number of unbranched alkanes of at least 4 members (excludes halogenated alkanes) is 4. The van der Waals surface area contributed by atoms with Crippen molar-refractivity contribution in [3.63, 3.8) is 0 Å². The summed E-state index contributed by atoms with van der Waals surface area (Å²) in [5.74, 6) is 0. The van der Waals surface area contributed by atoms with Gasteiger partial charge in [0.1, 0.15) is 0 Å². The van der Waals surface area contributed by atoms with Crippen molar-refractivity contribution in [1.29, 1.82) is 0 Å². The molecule has 72 valence electrons. The van der Waals surface area contributed by atoms with Crippen LogP contribution < -0.4 is 0 Å². The SMILES string of the molecule is CCCCCCC=C1C=CC(C)=C1. The lowest BCUT2D eigenvalue weighted by molar-refractivity contribution is 0.674. The van der Waals surface area contributed by atoms with Gasteiger partial charge in [-0.15, -0.1) is 0 Å². The van der Waals surface area contributed by atoms with Gasteiger partial charge in [-0.3, -0.25) is 0 Å². The third-order valence-corrected chi connectivity index (χ3v) is 2.37. The second-order valence-electron chi connectivity index (χ2n) is 3.78. The summed E-state index contributed by atoms with van der Waals surface area (Å²) in [6.45, 7) is 4.40. The van der Waals surface area contributed by atoms with Gasteiger partial charge in [-0.25, -0.2) is 0 Å². The van der Waals surface area contributed by atoms with Crippen LogP contribution in [-0.2, 0) is 0 Å². The minimum Gasteiger partial charge on any atom is -0.0773 e. The zero-order valence-electron chi connectivity index (χ0n) is 8.84. The normalized spacial score (nSPS) is 18.3. The maximum atomic E-state index is 2.35. The molecule has 0 heteroatoms. The fourth-order valence-electron chi connectivity index (χ4n) is 1.55. The molecule has 0 aromatic carbocycles. The highest BCUT2D eigenvalue weighted by atomic mass is 14.0. The molecule has 0 aromatic heterocycles. The number of rotatable bonds is 5. The Morgan fingerprint density at radius 3 is 2.62 bits per heavy atom. The van der Waals surface area contributed by atoms with Crippen LogP contribution in [-0.4, -0.2) is 0 Å². The first-order valence-corrected chi connectivity index (χ1v) is 5.39. The van der Waals surface area contributed by atoms with E-state index in [-0.39, 0.29) is 0 Å². The minimum absolute atomic E-state index is 1.24. The van der Waals surface area contributed by atoms with Gasteiger partial charge in [-0.2, -0.15) is 0 Å². The van der Waals surface area contributed by atoms with Gasteiger partial charge in [0.05, 0.1) is 0 Å². The molecule has 0 bridgehead atoms. The average Bonchev–Trinajstić information content (AvgIpc) is 2.51. The van der Waals surface area contributed by atoms with Gasteiger partial charge in [0, 0.05) is 0 Å². The van der Waals surface area contributed by atoms with Gasteiger partial charge in [0.15, 0.2) is 0 Å². The predicted octanol–water partition coefficient (Wildman–Crippen LogP) is 4.40. The summed E-state index contributed by atoms with van der Waals surface area (Å²) in [5, 5.41) is 0. The van der Waals surface area contributed by atoms with Crippen LogP contribution >= 0.6 is 0 Å². The topological polar surface area (TPSA) is 0 Å². The van der Waals surface area contributed by atoms with Gasteiger partial charge < -0.3 is 0 Å². The van der Waals surface area contributed by atoms with Crippen LogP contribution in [0, 0.1) is 0 Å². The summed E-state index contributed by atoms with van der Waals surface area (Å²) < 4.78 is 0. The second kappa shape index (κ2) is 5.80. The maximum Gasteiger partial charge on any atom is -0.0294 e. The summed E-state index contributed by atoms with van der Waals surface area (Å²) in [4.78, 5) is 0. The van der Waals surface area contributed by atoms with Gasteiger partial charge in [-0.05, 0) is 25.3 Å². The molecule has 0 N–H and O–H groups in total. The highest BCUT2D eigenvalue weighted by molar-refractivity contribution is 5.44. The Balaban J connectivity index is 2.15. The Labute approximate surface area is 82.0 Å². The van der Waals surface area contributed by atoms with E-state index < -0.39 is 0 Å². The smallest absolute Gasteiger partial charge is 0.0294 e. The Bertz CT molecular complexity index is 228. The standard InChI is InChI=1S/C13H20/c1-3-4-5-6-7-8-13-10-9-12(2)11-13/h8-11H,3-7H2,1-2H3. The first kappa shape index (κ1) is 10.3. The zero-order valence-corrected chi connectivity index (χ0v) is 8.84. The van der Waals surface area contributed by atoms with E-state index in [1.54, 1.807) is 0 Å². The first-order valence-electron chi connectivity index (χ1n) is 5.39. The van der Waals surface area contributed by atoms with Crippen molar-refractivity contribution in [2.24, 2.45) is 0 Å². The molecule has 0 aliphatic heterocycles. The number of allylic oxidation sites excluding steroid dienone is 6. The van der Waals surface area contributed by atoms with Crippen LogP contribution in [0.25, 0.3) is 0 Å². The van der Waals surface area contributed by atoms with E-state index in [0.29, 0.717) is 0 Å². The Morgan fingerprint density at radius 1 is 1.15 bits per heavy atom. The van der Waals surface area contributed by atoms with Crippen molar-refractivity contribution in [2.75, 3.05) is 0 Å². The molecular formula is C13H20. The van der Waals surface area contributed by atoms with Gasteiger partial charge >= 0.3 is 0 Å². The van der Waals surface area contributed by atoms with Crippen molar-refractivity contribution in [1.82, 2.24) is 0 Å². The Kier molecular flexibility index (Phi) is 4.59. The summed E-state index contributed by atoms with van der Waals surface area (Å²) in [7, 11) is 0. The molecule has 0 amide bonds. The lowest BCUT2D eigenvalue weighted by atomic mass is 10.1. The van der Waals surface area contributed by atoms with Crippen LogP contribution in [0.15, 0.2) is 35.5 Å². The molecule has 0 radical (unpaired) electrons. The molecule has 13 heavy (non-hydrogen) atoms. The van der Waals surface area contributed by atoms with E-state index >= 15 is 0 Å². The largest absolute Gasteiger partial charge is 0.0773 e. The maximum absolute atomic E-state index is 2.35. The van der Waals surface area contributed by atoms with E-state index in [4.69, 9.17) is 0 Å². The first-order chi connectivity index (χ1) is 6.33. The number of hydrogen-bond donors (Lipinski definition) is 0. The average molecular weight is 176 g/mol. The monoisotopic (exact) mass is 176 g/mol. The molecule has 0 saturated carbocycles. The summed E-state index contributed by atoms with van der Waals surface area (Å²) >= 11 is 0. The zero-order chi connectivity index (χ0) is 9.52. The van der Waals surface area contributed by atoms with Gasteiger partial charge in [0.25, 0.3) is 0 Å². The van der Waals surface area contributed by atoms with Gasteiger partial charge in [-0.1, -0.05) is 56.1 Å². The lowest BCUT2D eigenvalue weighted by Crippen LogP contribution is -1.75. The summed E-state index contributed by atoms with van der Waals surface area (Å²) in [6.07, 6.45) is 15.7. The van der Waals surface area contributed by atoms with Crippen LogP contribution in [0.1, 0.15) is 46.0 Å². The number of hydrogen-bond acceptors (Lipinski definition) is 0. The molecule has 0 spiro atoms. The van der Waals surface area contributed by atoms with E-state index in [0.717, 1.165) is 0 Å². The van der Waals surface area contributed by atoms with E-state index in [9.17, 15) is 0 Å². The Morgan fingerprint density at radius 2 is 2.00 bits per heavy atom. The minimum atomic E-state index is 1.24. The molecule has 0 fully saturated rings. The third kappa shape index (κ3) is 4.12. The van der Waals surface area contributed by atoms with Crippen molar-refractivity contribution in [3.05, 3.63) is 35.5 Å². The predicted molar refractivity (Wildman–Crippen MR) is 59.7 cm³/mol. The van der Waals surface area contributed by atoms with Crippen molar-refractivity contribution in [3.8, 4) is 0 Å². The highest BCUT2D eigenvalue weighted by Crippen LogP contribution is 2.15. The molecule has 0 aromatic rings. The molecule has 1 aliphatic carbocycles. The van der Waals surface area contributed by atoms with E-state index in [1.165, 1.54) is 43.3 Å². The van der Waals surface area contributed by atoms with E-state index in [2.05, 4.69) is 38.2 Å². The van der Waals surface area contributed by atoms with Crippen molar-refractivity contribution >= 4 is 0 Å². The molecule has 0 unspecified atom stereocenters. The Hall–Kier alpha value is -0.780. The lowest BCUT2D eigenvalue weighted by Gasteiger charge is -1.95. The second-order valence-corrected chi connectivity index (χ2v) is 3.78. The van der Waals surface area contributed by atoms with Crippen LogP contribution in [0.2, 0.25) is 0 Å². The highest BCUT2D eigenvalue weighted by Gasteiger charge is 1.95. The molecule has 0 nitrogen and oxygen atoms in total. The van der Waals surface area contributed by atoms with Gasteiger partial charge in [0.2, 0.25) is 0 Å². The van der Waals surface area contributed by atoms with Crippen LogP contribution in [0.5, 0.6) is 0 Å². The fraction of sp³-hybridized carbons (Fsp3) is 0.538. The van der Waals surface area contributed by atoms with Crippen molar-refractivity contribution in [2.45, 2.75) is 46.0 Å². The summed E-state index contributed by atoms with van der Waals surface area (Å²) in [5.41, 5.74) is 2.77. The molecule has 0 atom stereocenters. The molecule has 0 saturated heterocycles. The van der Waals surface area contributed by atoms with Crippen LogP contribution in [0.4, 0.5) is 0 Å². The fourth-order valence-corrected chi connectivity index (χ4v) is 1.55. The molecule has 1 aliphatic rings. The van der Waals surface area contributed by atoms with Crippen LogP contribution in [0.3, 0.4) is 0 Å². The van der Waals surface area contributed by atoms with E-state index in [1.807, 2.05) is 0 Å². The molecule has 1 rings (SSSR count). The van der Waals surface area contributed by atoms with Crippen molar-refractivity contribution < 1.29 is 0 Å². The quantitative estimate of drug-likeness (QED) is 0.545. The molecule has 0 heterocycles.